The van der Waals surface area contributed by atoms with Crippen LogP contribution < -0.4 is 11.1 Å². The molecule has 15 heavy (non-hydrogen) atoms. The van der Waals surface area contributed by atoms with Crippen LogP contribution in [0.3, 0.4) is 0 Å². The molecule has 0 unspecified atom stereocenters. The molecule has 0 aliphatic carbocycles. The van der Waals surface area contributed by atoms with E-state index in [-0.39, 0.29) is 6.42 Å². The van der Waals surface area contributed by atoms with Gasteiger partial charge in [0.05, 0.1) is 6.42 Å². The lowest BCUT2D eigenvalue weighted by Crippen LogP contribution is -2.52. The number of aliphatic carboxylic acids is 1. The predicted octanol–water partition coefficient (Wildman–Crippen LogP) is 0.0174. The average Bonchev–Trinajstić information content (AvgIpc) is 2.01. The van der Waals surface area contributed by atoms with E-state index in [4.69, 9.17) is 10.8 Å². The summed E-state index contributed by atoms with van der Waals surface area (Å²) < 4.78 is -1.93. The second-order valence-corrected chi connectivity index (χ2v) is 6.58. The lowest BCUT2D eigenvalue weighted by molar-refractivity contribution is -0.138. The van der Waals surface area contributed by atoms with Crippen molar-refractivity contribution in [3.8, 4) is 0 Å². The molecule has 86 valence electrons. The topological polar surface area (TPSA) is 109 Å². The number of carbonyl (C=O) groups is 3. The summed E-state index contributed by atoms with van der Waals surface area (Å²) in [5, 5.41) is 10.8. The molecule has 0 fully saturated rings. The van der Waals surface area contributed by atoms with Crippen LogP contribution in [-0.4, -0.2) is 30.4 Å². The van der Waals surface area contributed by atoms with E-state index >= 15 is 0 Å². The quantitative estimate of drug-likeness (QED) is 0.318. The maximum atomic E-state index is 11.4. The molecule has 0 aliphatic rings. The van der Waals surface area contributed by atoms with Gasteiger partial charge in [0.25, 0.3) is 5.91 Å². The third-order valence-corrected chi connectivity index (χ3v) is 3.27. The zero-order valence-electron chi connectivity index (χ0n) is 7.79. The largest absolute Gasteiger partial charge is 0.481 e. The molecule has 0 saturated heterocycles. The molecule has 2 amide bonds. The minimum Gasteiger partial charge on any atom is -0.481 e. The molecule has 2 atom stereocenters. The zero-order chi connectivity index (χ0) is 12.2. The fourth-order valence-corrected chi connectivity index (χ4v) is 1.42. The molecule has 0 radical (unpaired) electrons. The molecule has 0 aliphatic heterocycles. The van der Waals surface area contributed by atoms with E-state index in [0.29, 0.717) is 0 Å². The van der Waals surface area contributed by atoms with E-state index in [0.717, 1.165) is 0 Å². The summed E-state index contributed by atoms with van der Waals surface area (Å²) in [6, 6.07) is 0. The Kier molecular flexibility index (Phi) is 5.77. The predicted molar refractivity (Wildman–Crippen MR) is 69.8 cm³/mol. The fraction of sp³-hybridized carbons (Fsp3) is 0.571. The highest BCUT2D eigenvalue weighted by molar-refractivity contribution is 14.1. The van der Waals surface area contributed by atoms with Gasteiger partial charge < -0.3 is 16.2 Å². The van der Waals surface area contributed by atoms with Gasteiger partial charge in [0.2, 0.25) is 5.91 Å². The smallest absolute Gasteiger partial charge is 0.304 e. The van der Waals surface area contributed by atoms with Crippen molar-refractivity contribution in [2.24, 2.45) is 5.73 Å². The van der Waals surface area contributed by atoms with Crippen molar-refractivity contribution in [2.45, 2.75) is 20.8 Å². The molecule has 0 rings (SSSR count). The second-order valence-electron chi connectivity index (χ2n) is 2.92. The number of hydrogen-bond donors (Lipinski definition) is 3. The Hall–Kier alpha value is -0.130. The first-order valence-electron chi connectivity index (χ1n) is 3.83. The second kappa shape index (κ2) is 5.82. The van der Waals surface area contributed by atoms with Gasteiger partial charge in [-0.05, 0) is 29.5 Å². The molecule has 0 spiro atoms. The zero-order valence-corrected chi connectivity index (χ0v) is 12.1. The number of hydrogen-bond acceptors (Lipinski definition) is 3. The summed E-state index contributed by atoms with van der Waals surface area (Å²) in [7, 11) is 0. The van der Waals surface area contributed by atoms with Gasteiger partial charge in [-0.25, -0.2) is 0 Å². The van der Waals surface area contributed by atoms with Crippen molar-refractivity contribution in [1.82, 2.24) is 5.32 Å². The van der Waals surface area contributed by atoms with Crippen LogP contribution in [0.5, 0.6) is 0 Å². The summed E-state index contributed by atoms with van der Waals surface area (Å²) in [6.45, 7) is 1.44. The number of carboxylic acid groups (broad SMARTS) is 1. The average molecular weight is 440 g/mol. The Bertz CT molecular complexity index is 293. The van der Waals surface area contributed by atoms with Crippen molar-refractivity contribution in [2.75, 3.05) is 0 Å². The van der Waals surface area contributed by atoms with Gasteiger partial charge in [-0.3, -0.25) is 14.4 Å². The Morgan fingerprint density at radius 2 is 2.00 bits per heavy atom. The van der Waals surface area contributed by atoms with Crippen LogP contribution in [0.2, 0.25) is 0 Å². The Balaban J connectivity index is 4.36. The van der Waals surface area contributed by atoms with Gasteiger partial charge in [-0.1, -0.05) is 22.6 Å². The van der Waals surface area contributed by atoms with E-state index in [1.807, 2.05) is 0 Å². The number of carbonyl (C=O) groups excluding carboxylic acids is 2. The number of nitrogens with one attached hydrogen (secondary N) is 1. The van der Waals surface area contributed by atoms with E-state index in [1.54, 1.807) is 45.2 Å². The van der Waals surface area contributed by atoms with Crippen molar-refractivity contribution in [3.63, 3.8) is 0 Å². The first-order valence-corrected chi connectivity index (χ1v) is 6.16. The van der Waals surface area contributed by atoms with Crippen LogP contribution in [0.1, 0.15) is 13.3 Å². The number of carboxylic acids is 1. The highest BCUT2D eigenvalue weighted by atomic mass is 127. The van der Waals surface area contributed by atoms with Crippen LogP contribution in [-0.2, 0) is 14.4 Å². The van der Waals surface area contributed by atoms with Gasteiger partial charge in [-0.15, -0.1) is 0 Å². The van der Waals surface area contributed by atoms with Crippen molar-refractivity contribution in [1.29, 1.82) is 0 Å². The molecule has 0 saturated carbocycles. The molecule has 0 bridgehead atoms. The van der Waals surface area contributed by atoms with Crippen LogP contribution in [0.15, 0.2) is 0 Å². The SMILES string of the molecule is C[C@@](I)(NC(=O)[C@@H](I)CC(=O)O)C(N)=O. The number of amides is 2. The Morgan fingerprint density at radius 1 is 1.53 bits per heavy atom. The summed E-state index contributed by atoms with van der Waals surface area (Å²) >= 11 is 3.39. The van der Waals surface area contributed by atoms with E-state index in [2.05, 4.69) is 5.32 Å². The van der Waals surface area contributed by atoms with Crippen molar-refractivity contribution in [3.05, 3.63) is 0 Å². The molecule has 6 nitrogen and oxygen atoms in total. The monoisotopic (exact) mass is 440 g/mol. The highest BCUT2D eigenvalue weighted by Gasteiger charge is 2.31. The van der Waals surface area contributed by atoms with Gasteiger partial charge in [0, 0.05) is 0 Å². The standard InChI is InChI=1S/C7H10I2N2O4/c1-7(9,6(10)15)11-5(14)3(8)2-4(12)13/h3H,2H2,1H3,(H2,10,15)(H,11,14)(H,12,13)/t3-,7+/m0/s1. The van der Waals surface area contributed by atoms with Crippen molar-refractivity contribution < 1.29 is 19.5 Å². The third-order valence-electron chi connectivity index (χ3n) is 1.46. The molecule has 0 heterocycles. The Labute approximate surface area is 114 Å². The maximum absolute atomic E-state index is 11.4. The summed E-state index contributed by atoms with van der Waals surface area (Å²) in [6.07, 6.45) is -0.294. The molecule has 4 N–H and O–H groups in total. The molecule has 0 aromatic rings. The van der Waals surface area contributed by atoms with Crippen molar-refractivity contribution >= 4 is 63.0 Å². The highest BCUT2D eigenvalue weighted by Crippen LogP contribution is 2.15. The van der Waals surface area contributed by atoms with E-state index < -0.39 is 25.3 Å². The number of primary amides is 1. The molecule has 8 heteroatoms. The molecule has 0 aromatic heterocycles. The lowest BCUT2D eigenvalue weighted by Gasteiger charge is -2.21. The molecular formula is C7H10I2N2O4. The fourth-order valence-electron chi connectivity index (χ4n) is 0.617. The normalized spacial score (nSPS) is 16.2. The van der Waals surface area contributed by atoms with Gasteiger partial charge >= 0.3 is 5.97 Å². The summed E-state index contributed by atoms with van der Waals surface area (Å²) in [5.74, 6) is -2.28. The maximum Gasteiger partial charge on any atom is 0.304 e. The number of alkyl halides is 2. The van der Waals surface area contributed by atoms with Crippen LogP contribution >= 0.6 is 45.2 Å². The van der Waals surface area contributed by atoms with Crippen LogP contribution in [0.4, 0.5) is 0 Å². The van der Waals surface area contributed by atoms with Gasteiger partial charge in [0.15, 0.2) is 3.55 Å². The van der Waals surface area contributed by atoms with Crippen LogP contribution in [0.25, 0.3) is 0 Å². The summed E-state index contributed by atoms with van der Waals surface area (Å²) in [5.41, 5.74) is 5.04. The number of halogens is 2. The number of nitrogens with two attached hydrogens (primary N) is 1. The first-order chi connectivity index (χ1) is 6.66. The van der Waals surface area contributed by atoms with E-state index in [9.17, 15) is 14.4 Å². The summed E-state index contributed by atoms with van der Waals surface area (Å²) in [4.78, 5) is 32.6. The lowest BCUT2D eigenvalue weighted by atomic mass is 10.2. The molecular weight excluding hydrogens is 430 g/mol. The third kappa shape index (κ3) is 5.49. The minimum absolute atomic E-state index is 0.294. The number of rotatable bonds is 5. The van der Waals surface area contributed by atoms with E-state index in [1.165, 1.54) is 6.92 Å². The van der Waals surface area contributed by atoms with Gasteiger partial charge in [0.1, 0.15) is 3.92 Å². The Morgan fingerprint density at radius 3 is 2.33 bits per heavy atom. The van der Waals surface area contributed by atoms with Crippen LogP contribution in [0, 0.1) is 0 Å². The minimum atomic E-state index is -1.20. The molecule has 0 aromatic carbocycles. The first kappa shape index (κ1) is 14.9. The van der Waals surface area contributed by atoms with Gasteiger partial charge in [-0.2, -0.15) is 0 Å².